The molecule has 2 amide bonds. The van der Waals surface area contributed by atoms with Crippen molar-refractivity contribution in [2.45, 2.75) is 52.1 Å². The summed E-state index contributed by atoms with van der Waals surface area (Å²) >= 11 is 1.87. The number of carbonyl (C=O) groups is 2. The predicted octanol–water partition coefficient (Wildman–Crippen LogP) is 4.90. The molecule has 0 saturated heterocycles. The number of nitrogens with zero attached hydrogens (tertiary/aromatic N) is 2. The van der Waals surface area contributed by atoms with E-state index in [0.29, 0.717) is 13.2 Å². The predicted molar refractivity (Wildman–Crippen MR) is 129 cm³/mol. The highest BCUT2D eigenvalue weighted by atomic mass is 32.1. The molecule has 2 aromatic heterocycles. The Kier molecular flexibility index (Phi) is 5.98. The van der Waals surface area contributed by atoms with Crippen LogP contribution in [0.4, 0.5) is 4.79 Å². The quantitative estimate of drug-likeness (QED) is 0.560. The molecular formula is C26H29N3O3S. The van der Waals surface area contributed by atoms with Crippen molar-refractivity contribution in [2.24, 2.45) is 0 Å². The van der Waals surface area contributed by atoms with E-state index in [0.717, 1.165) is 29.7 Å². The first-order valence-corrected chi connectivity index (χ1v) is 12.5. The van der Waals surface area contributed by atoms with Gasteiger partial charge in [-0.2, -0.15) is 0 Å². The highest BCUT2D eigenvalue weighted by Gasteiger charge is 2.36. The van der Waals surface area contributed by atoms with Crippen LogP contribution in [0.1, 0.15) is 58.6 Å². The van der Waals surface area contributed by atoms with Crippen LogP contribution in [0.5, 0.6) is 0 Å². The van der Waals surface area contributed by atoms with Crippen LogP contribution < -0.4 is 5.32 Å². The molecule has 1 aliphatic carbocycles. The van der Waals surface area contributed by atoms with Crippen molar-refractivity contribution < 1.29 is 14.3 Å². The van der Waals surface area contributed by atoms with Crippen LogP contribution in [0.3, 0.4) is 0 Å². The number of aromatic nitrogens is 1. The van der Waals surface area contributed by atoms with Crippen LogP contribution in [0, 0.1) is 6.92 Å². The summed E-state index contributed by atoms with van der Waals surface area (Å²) in [5.74, 6) is -0.426. The largest absolute Gasteiger partial charge is 0.465 e. The average Bonchev–Trinajstić information content (AvgIpc) is 3.39. The lowest BCUT2D eigenvalue weighted by Gasteiger charge is -2.31. The zero-order chi connectivity index (χ0) is 22.9. The number of esters is 1. The number of hydrogen-bond donors (Lipinski definition) is 1. The lowest BCUT2D eigenvalue weighted by Crippen LogP contribution is -2.44. The van der Waals surface area contributed by atoms with E-state index in [1.54, 1.807) is 6.92 Å². The molecule has 3 heterocycles. The number of rotatable bonds is 4. The summed E-state index contributed by atoms with van der Waals surface area (Å²) in [5.41, 5.74) is 5.92. The number of nitrogens with one attached hydrogen (secondary N) is 1. The van der Waals surface area contributed by atoms with E-state index in [2.05, 4.69) is 53.3 Å². The Bertz CT molecular complexity index is 1200. The Morgan fingerprint density at radius 2 is 2.00 bits per heavy atom. The summed E-state index contributed by atoms with van der Waals surface area (Å²) < 4.78 is 7.29. The number of fused-ring (bicyclic) bond motifs is 5. The second kappa shape index (κ2) is 9.06. The van der Waals surface area contributed by atoms with Crippen molar-refractivity contribution >= 4 is 23.3 Å². The maximum atomic E-state index is 13.6. The molecule has 172 valence electrons. The highest BCUT2D eigenvalue weighted by molar-refractivity contribution is 7.15. The number of benzene rings is 1. The molecule has 0 spiro atoms. The summed E-state index contributed by atoms with van der Waals surface area (Å²) in [5, 5.41) is 4.03. The van der Waals surface area contributed by atoms with Crippen LogP contribution in [-0.4, -0.2) is 34.6 Å². The van der Waals surface area contributed by atoms with Crippen molar-refractivity contribution in [1.29, 1.82) is 0 Å². The van der Waals surface area contributed by atoms with Gasteiger partial charge >= 0.3 is 12.0 Å². The van der Waals surface area contributed by atoms with Gasteiger partial charge in [-0.05, 0) is 62.8 Å². The normalized spacial score (nSPS) is 16.9. The van der Waals surface area contributed by atoms with Crippen LogP contribution in [-0.2, 0) is 28.9 Å². The minimum absolute atomic E-state index is 0.140. The van der Waals surface area contributed by atoms with Gasteiger partial charge in [0.15, 0.2) is 0 Å². The zero-order valence-corrected chi connectivity index (χ0v) is 19.9. The summed E-state index contributed by atoms with van der Waals surface area (Å²) in [6.07, 6.45) is 6.69. The molecule has 6 nitrogen and oxygen atoms in total. The van der Waals surface area contributed by atoms with Crippen molar-refractivity contribution in [3.63, 3.8) is 0 Å². The number of aryl methyl sites for hydroxylation is 2. The molecule has 3 aromatic rings. The lowest BCUT2D eigenvalue weighted by molar-refractivity contribution is -0.141. The third-order valence-corrected chi connectivity index (χ3v) is 7.82. The topological polar surface area (TPSA) is 63.6 Å². The van der Waals surface area contributed by atoms with Crippen molar-refractivity contribution in [3.05, 3.63) is 75.4 Å². The molecule has 0 saturated carbocycles. The fourth-order valence-electron chi connectivity index (χ4n) is 5.04. The van der Waals surface area contributed by atoms with Gasteiger partial charge in [0.05, 0.1) is 24.9 Å². The van der Waals surface area contributed by atoms with Gasteiger partial charge in [0.25, 0.3) is 0 Å². The fraction of sp³-hybridized carbons (Fsp3) is 0.385. The third kappa shape index (κ3) is 4.06. The molecule has 0 fully saturated rings. The van der Waals surface area contributed by atoms with Gasteiger partial charge in [0.1, 0.15) is 11.5 Å². The van der Waals surface area contributed by atoms with Crippen LogP contribution in [0.25, 0.3) is 5.00 Å². The molecule has 1 aromatic carbocycles. The highest BCUT2D eigenvalue weighted by Crippen LogP contribution is 2.44. The van der Waals surface area contributed by atoms with Crippen molar-refractivity contribution in [1.82, 2.24) is 14.8 Å². The number of hydrogen-bond acceptors (Lipinski definition) is 4. The third-order valence-electron chi connectivity index (χ3n) is 6.49. The summed E-state index contributed by atoms with van der Waals surface area (Å²) in [6.45, 7) is 4.49. The van der Waals surface area contributed by atoms with E-state index in [4.69, 9.17) is 4.74 Å². The first-order chi connectivity index (χ1) is 16.1. The first kappa shape index (κ1) is 21.8. The minimum atomic E-state index is -0.426. The van der Waals surface area contributed by atoms with Gasteiger partial charge in [-0.1, -0.05) is 29.8 Å². The van der Waals surface area contributed by atoms with E-state index in [-0.39, 0.29) is 18.6 Å². The second-order valence-electron chi connectivity index (χ2n) is 8.71. The fourth-order valence-corrected chi connectivity index (χ4v) is 6.44. The number of carbonyl (C=O) groups excluding carboxylic acids is 2. The Hall–Kier alpha value is -3.06. The van der Waals surface area contributed by atoms with Crippen molar-refractivity contribution in [3.8, 4) is 5.00 Å². The van der Waals surface area contributed by atoms with Gasteiger partial charge in [-0.15, -0.1) is 11.3 Å². The molecule has 33 heavy (non-hydrogen) atoms. The summed E-state index contributed by atoms with van der Waals surface area (Å²) in [6, 6.07) is 12.0. The maximum absolute atomic E-state index is 13.6. The number of thiophene rings is 1. The van der Waals surface area contributed by atoms with Gasteiger partial charge < -0.3 is 19.5 Å². The van der Waals surface area contributed by atoms with Gasteiger partial charge in [-0.25, -0.2) is 4.79 Å². The summed E-state index contributed by atoms with van der Waals surface area (Å²) in [4.78, 5) is 28.8. The Labute approximate surface area is 198 Å². The number of urea groups is 1. The van der Waals surface area contributed by atoms with E-state index in [1.807, 2.05) is 22.3 Å². The average molecular weight is 464 g/mol. The molecule has 2 aliphatic rings. The van der Waals surface area contributed by atoms with Crippen LogP contribution >= 0.6 is 11.3 Å². The number of ether oxygens (including phenoxy) is 1. The van der Waals surface area contributed by atoms with Crippen LogP contribution in [0.2, 0.25) is 0 Å². The molecule has 1 atom stereocenters. The smallest absolute Gasteiger partial charge is 0.325 e. The molecule has 0 bridgehead atoms. The van der Waals surface area contributed by atoms with E-state index in [9.17, 15) is 9.59 Å². The Balaban J connectivity index is 1.60. The Morgan fingerprint density at radius 1 is 1.15 bits per heavy atom. The molecule has 0 radical (unpaired) electrons. The molecule has 0 unspecified atom stereocenters. The summed E-state index contributed by atoms with van der Waals surface area (Å²) in [7, 11) is 0. The van der Waals surface area contributed by atoms with Crippen LogP contribution in [0.15, 0.2) is 42.6 Å². The standard InChI is InChI=1S/C26H29N3O3S/c1-3-32-23(30)15-27-26(31)29-16-20-19-10-4-5-12-22(19)33-25(20)28-13-7-11-21(28)24(29)18-9-6-8-17(2)14-18/h6-9,11,13-14,24H,3-5,10,12,15-16H2,1-2H3,(H,27,31)/t24-/m1/s1. The molecular weight excluding hydrogens is 434 g/mol. The maximum Gasteiger partial charge on any atom is 0.325 e. The minimum Gasteiger partial charge on any atom is -0.465 e. The van der Waals surface area contributed by atoms with E-state index < -0.39 is 5.97 Å². The van der Waals surface area contributed by atoms with Gasteiger partial charge in [0, 0.05) is 16.6 Å². The lowest BCUT2D eigenvalue weighted by atomic mass is 9.95. The zero-order valence-electron chi connectivity index (χ0n) is 19.1. The molecule has 1 aliphatic heterocycles. The van der Waals surface area contributed by atoms with Gasteiger partial charge in [0.2, 0.25) is 0 Å². The van der Waals surface area contributed by atoms with E-state index >= 15 is 0 Å². The second-order valence-corrected chi connectivity index (χ2v) is 9.79. The van der Waals surface area contributed by atoms with Gasteiger partial charge in [-0.3, -0.25) is 4.79 Å². The number of amides is 2. The molecule has 7 heteroatoms. The monoisotopic (exact) mass is 463 g/mol. The Morgan fingerprint density at radius 3 is 2.82 bits per heavy atom. The SMILES string of the molecule is CCOC(=O)CNC(=O)N1Cc2c(sc3c2CCCC3)-n2cccc2[C@H]1c1cccc(C)c1. The van der Waals surface area contributed by atoms with E-state index in [1.165, 1.54) is 33.8 Å². The van der Waals surface area contributed by atoms with Crippen molar-refractivity contribution in [2.75, 3.05) is 13.2 Å². The molecule has 1 N–H and O–H groups in total. The molecule has 5 rings (SSSR count). The first-order valence-electron chi connectivity index (χ1n) is 11.6.